The first-order chi connectivity index (χ1) is 14.3. The van der Waals surface area contributed by atoms with E-state index in [9.17, 15) is 4.79 Å². The summed E-state index contributed by atoms with van der Waals surface area (Å²) in [5, 5.41) is 9.44. The van der Waals surface area contributed by atoms with Crippen molar-refractivity contribution >= 4 is 5.52 Å². The molecule has 0 spiro atoms. The molecule has 0 aliphatic carbocycles. The Morgan fingerprint density at radius 3 is 2.52 bits per heavy atom. The van der Waals surface area contributed by atoms with Gasteiger partial charge >= 0.3 is 0 Å². The second-order valence-corrected chi connectivity index (χ2v) is 6.70. The van der Waals surface area contributed by atoms with Crippen molar-refractivity contribution in [2.75, 3.05) is 0 Å². The third kappa shape index (κ3) is 3.21. The van der Waals surface area contributed by atoms with Crippen molar-refractivity contribution in [1.82, 2.24) is 24.4 Å². The first-order valence-electron chi connectivity index (χ1n) is 9.30. The van der Waals surface area contributed by atoms with E-state index in [1.165, 1.54) is 4.68 Å². The molecule has 140 valence electrons. The molecule has 4 aromatic heterocycles. The lowest BCUT2D eigenvalue weighted by Crippen LogP contribution is -2.22. The third-order valence-electron chi connectivity index (χ3n) is 4.77. The molecule has 29 heavy (non-hydrogen) atoms. The highest BCUT2D eigenvalue weighted by Crippen LogP contribution is 2.33. The van der Waals surface area contributed by atoms with Gasteiger partial charge in [0.2, 0.25) is 0 Å². The van der Waals surface area contributed by atoms with Crippen LogP contribution in [0.3, 0.4) is 0 Å². The summed E-state index contributed by atoms with van der Waals surface area (Å²) in [7, 11) is 0. The third-order valence-corrected chi connectivity index (χ3v) is 4.77. The van der Waals surface area contributed by atoms with Crippen molar-refractivity contribution < 1.29 is 0 Å². The largest absolute Gasteiger partial charge is 0.268 e. The monoisotopic (exact) mass is 379 g/mol. The highest BCUT2D eigenvalue weighted by Gasteiger charge is 2.18. The summed E-state index contributed by atoms with van der Waals surface area (Å²) >= 11 is 0. The van der Waals surface area contributed by atoms with Crippen LogP contribution in [-0.2, 0) is 6.54 Å². The lowest BCUT2D eigenvalue weighted by atomic mass is 10.0. The van der Waals surface area contributed by atoms with Crippen molar-refractivity contribution in [2.45, 2.75) is 6.54 Å². The molecule has 6 nitrogen and oxygen atoms in total. The quantitative estimate of drug-likeness (QED) is 0.478. The van der Waals surface area contributed by atoms with Gasteiger partial charge in [0, 0.05) is 30.2 Å². The number of aromatic nitrogens is 5. The Balaban J connectivity index is 1.70. The van der Waals surface area contributed by atoms with Crippen molar-refractivity contribution in [3.63, 3.8) is 0 Å². The molecule has 0 aliphatic rings. The van der Waals surface area contributed by atoms with Crippen LogP contribution < -0.4 is 5.56 Å². The SMILES string of the molecule is O=c1ccc(-c2c(-c3ccccc3)nn3ccccc23)nn1Cc1cccnc1. The predicted molar refractivity (Wildman–Crippen MR) is 111 cm³/mol. The average Bonchev–Trinajstić information content (AvgIpc) is 3.16. The molecule has 4 heterocycles. The average molecular weight is 379 g/mol. The van der Waals surface area contributed by atoms with Gasteiger partial charge in [-0.15, -0.1) is 0 Å². The summed E-state index contributed by atoms with van der Waals surface area (Å²) in [4.78, 5) is 16.5. The van der Waals surface area contributed by atoms with Gasteiger partial charge in [-0.05, 0) is 29.8 Å². The molecular formula is C23H17N5O. The number of hydrogen-bond donors (Lipinski definition) is 0. The molecule has 5 aromatic rings. The Bertz CT molecular complexity index is 1340. The normalized spacial score (nSPS) is 11.0. The van der Waals surface area contributed by atoms with E-state index in [1.54, 1.807) is 24.5 Å². The molecular weight excluding hydrogens is 362 g/mol. The van der Waals surface area contributed by atoms with E-state index in [0.29, 0.717) is 12.2 Å². The first-order valence-corrected chi connectivity index (χ1v) is 9.30. The number of pyridine rings is 2. The predicted octanol–water partition coefficient (Wildman–Crippen LogP) is 3.67. The van der Waals surface area contributed by atoms with Crippen molar-refractivity contribution in [3.8, 4) is 22.5 Å². The minimum absolute atomic E-state index is 0.157. The Labute approximate surface area is 166 Å². The molecule has 0 aliphatic heterocycles. The molecule has 0 N–H and O–H groups in total. The molecule has 6 heteroatoms. The Kier molecular flexibility index (Phi) is 4.22. The summed E-state index contributed by atoms with van der Waals surface area (Å²) in [6.07, 6.45) is 5.36. The van der Waals surface area contributed by atoms with Crippen LogP contribution in [0.5, 0.6) is 0 Å². The number of rotatable bonds is 4. The zero-order chi connectivity index (χ0) is 19.6. The second-order valence-electron chi connectivity index (χ2n) is 6.70. The maximum atomic E-state index is 12.4. The highest BCUT2D eigenvalue weighted by atomic mass is 16.1. The zero-order valence-electron chi connectivity index (χ0n) is 15.5. The lowest BCUT2D eigenvalue weighted by molar-refractivity contribution is 0.641. The van der Waals surface area contributed by atoms with Crippen LogP contribution in [0.25, 0.3) is 28.0 Å². The van der Waals surface area contributed by atoms with Crippen LogP contribution >= 0.6 is 0 Å². The number of benzene rings is 1. The van der Waals surface area contributed by atoms with Crippen LogP contribution in [0.2, 0.25) is 0 Å². The topological polar surface area (TPSA) is 65.1 Å². The summed E-state index contributed by atoms with van der Waals surface area (Å²) in [5.41, 5.74) is 5.13. The van der Waals surface area contributed by atoms with Crippen LogP contribution in [-0.4, -0.2) is 24.4 Å². The molecule has 0 unspecified atom stereocenters. The van der Waals surface area contributed by atoms with Crippen LogP contribution in [0.4, 0.5) is 0 Å². The molecule has 0 fully saturated rings. The maximum absolute atomic E-state index is 12.4. The number of nitrogens with zero attached hydrogens (tertiary/aromatic N) is 5. The van der Waals surface area contributed by atoms with E-state index in [-0.39, 0.29) is 5.56 Å². The minimum atomic E-state index is -0.157. The van der Waals surface area contributed by atoms with Gasteiger partial charge in [0.25, 0.3) is 5.56 Å². The summed E-state index contributed by atoms with van der Waals surface area (Å²) < 4.78 is 3.31. The lowest BCUT2D eigenvalue weighted by Gasteiger charge is -2.08. The summed E-state index contributed by atoms with van der Waals surface area (Å²) in [5.74, 6) is 0. The smallest absolute Gasteiger partial charge is 0.267 e. The number of hydrogen-bond acceptors (Lipinski definition) is 4. The van der Waals surface area contributed by atoms with E-state index in [4.69, 9.17) is 5.10 Å². The van der Waals surface area contributed by atoms with E-state index >= 15 is 0 Å². The molecule has 1 aromatic carbocycles. The molecule has 0 bridgehead atoms. The van der Waals surface area contributed by atoms with Gasteiger partial charge in [-0.3, -0.25) is 9.78 Å². The van der Waals surface area contributed by atoms with Gasteiger partial charge < -0.3 is 0 Å². The van der Waals surface area contributed by atoms with E-state index in [2.05, 4.69) is 10.1 Å². The van der Waals surface area contributed by atoms with Crippen molar-refractivity contribution in [3.05, 3.63) is 107 Å². The van der Waals surface area contributed by atoms with Gasteiger partial charge in [0.1, 0.15) is 5.69 Å². The fraction of sp³-hybridized carbons (Fsp3) is 0.0435. The van der Waals surface area contributed by atoms with Gasteiger partial charge in [-0.2, -0.15) is 10.2 Å². The van der Waals surface area contributed by atoms with Crippen molar-refractivity contribution in [2.24, 2.45) is 0 Å². The van der Waals surface area contributed by atoms with Gasteiger partial charge in [-0.1, -0.05) is 42.5 Å². The van der Waals surface area contributed by atoms with Crippen LogP contribution in [0, 0.1) is 0 Å². The van der Waals surface area contributed by atoms with Crippen LogP contribution in [0.15, 0.2) is 96.2 Å². The standard InChI is InChI=1S/C23H17N5O/c29-21-12-11-19(25-28(21)16-17-7-6-13-24-15-17)22-20-10-4-5-14-27(20)26-23(22)18-8-2-1-3-9-18/h1-15H,16H2. The van der Waals surface area contributed by atoms with E-state index in [0.717, 1.165) is 27.9 Å². The van der Waals surface area contributed by atoms with Crippen LogP contribution in [0.1, 0.15) is 5.56 Å². The van der Waals surface area contributed by atoms with E-state index in [1.807, 2.05) is 71.4 Å². The zero-order valence-corrected chi connectivity index (χ0v) is 15.5. The van der Waals surface area contributed by atoms with Gasteiger partial charge in [-0.25, -0.2) is 9.20 Å². The Morgan fingerprint density at radius 1 is 0.828 bits per heavy atom. The maximum Gasteiger partial charge on any atom is 0.267 e. The minimum Gasteiger partial charge on any atom is -0.268 e. The molecule has 0 saturated heterocycles. The van der Waals surface area contributed by atoms with Gasteiger partial charge in [0.05, 0.1) is 23.3 Å². The number of fused-ring (bicyclic) bond motifs is 1. The first kappa shape index (κ1) is 17.1. The molecule has 5 rings (SSSR count). The second kappa shape index (κ2) is 7.16. The molecule has 0 atom stereocenters. The fourth-order valence-corrected chi connectivity index (χ4v) is 3.41. The molecule has 0 amide bonds. The molecule has 0 radical (unpaired) electrons. The summed E-state index contributed by atoms with van der Waals surface area (Å²) in [6, 6.07) is 23.0. The molecule has 0 saturated carbocycles. The Morgan fingerprint density at radius 2 is 1.69 bits per heavy atom. The highest BCUT2D eigenvalue weighted by molar-refractivity contribution is 5.90. The Hall–Kier alpha value is -4.06. The summed E-state index contributed by atoms with van der Waals surface area (Å²) in [6.45, 7) is 0.362. The van der Waals surface area contributed by atoms with Gasteiger partial charge in [0.15, 0.2) is 0 Å². The fourth-order valence-electron chi connectivity index (χ4n) is 3.41. The van der Waals surface area contributed by atoms with E-state index < -0.39 is 0 Å². The van der Waals surface area contributed by atoms with Crippen molar-refractivity contribution in [1.29, 1.82) is 0 Å².